The van der Waals surface area contributed by atoms with Gasteiger partial charge >= 0.3 is 5.97 Å². The van der Waals surface area contributed by atoms with Crippen LogP contribution in [0.15, 0.2) is 6.07 Å². The number of anilines is 3. The maximum Gasteiger partial charge on any atom is 0.326 e. The van der Waals surface area contributed by atoms with Crippen LogP contribution >= 0.6 is 0 Å². The minimum Gasteiger partial charge on any atom is -0.480 e. The number of carboxylic acids is 1. The summed E-state index contributed by atoms with van der Waals surface area (Å²) in [5.41, 5.74) is 3.33. The Bertz CT molecular complexity index is 844. The van der Waals surface area contributed by atoms with E-state index in [0.717, 1.165) is 42.2 Å². The van der Waals surface area contributed by atoms with Gasteiger partial charge in [0.2, 0.25) is 5.95 Å². The van der Waals surface area contributed by atoms with Crippen molar-refractivity contribution in [2.24, 2.45) is 0 Å². The Morgan fingerprint density at radius 1 is 1.28 bits per heavy atom. The van der Waals surface area contributed by atoms with E-state index >= 15 is 0 Å². The number of hydrogen-bond acceptors (Lipinski definition) is 6. The third-order valence-electron chi connectivity index (χ3n) is 5.34. The summed E-state index contributed by atoms with van der Waals surface area (Å²) in [5, 5.41) is 20.1. The first-order chi connectivity index (χ1) is 12.2. The van der Waals surface area contributed by atoms with Gasteiger partial charge in [0.25, 0.3) is 0 Å². The average molecular weight is 340 g/mol. The molecule has 1 unspecified atom stereocenters. The van der Waals surface area contributed by atoms with E-state index in [1.165, 1.54) is 18.5 Å². The van der Waals surface area contributed by atoms with E-state index in [1.54, 1.807) is 4.90 Å². The molecule has 2 fully saturated rings. The van der Waals surface area contributed by atoms with Crippen LogP contribution in [0, 0.1) is 0 Å². The van der Waals surface area contributed by atoms with Crippen molar-refractivity contribution in [1.82, 2.24) is 20.2 Å². The number of aliphatic carboxylic acids is 1. The minimum atomic E-state index is -0.814. The molecule has 0 aromatic carbocycles. The monoisotopic (exact) mass is 340 g/mol. The second kappa shape index (κ2) is 5.44. The molecule has 130 valence electrons. The summed E-state index contributed by atoms with van der Waals surface area (Å²) < 4.78 is 0. The zero-order valence-corrected chi connectivity index (χ0v) is 13.8. The molecular weight excluding hydrogens is 320 g/mol. The van der Waals surface area contributed by atoms with Gasteiger partial charge in [0.15, 0.2) is 5.82 Å². The van der Waals surface area contributed by atoms with Gasteiger partial charge < -0.3 is 15.3 Å². The smallest absolute Gasteiger partial charge is 0.326 e. The number of aromatic nitrogens is 4. The quantitative estimate of drug-likeness (QED) is 0.764. The van der Waals surface area contributed by atoms with E-state index < -0.39 is 12.0 Å². The second-order valence-corrected chi connectivity index (χ2v) is 7.09. The van der Waals surface area contributed by atoms with Crippen LogP contribution in [0.2, 0.25) is 0 Å². The first-order valence-electron chi connectivity index (χ1n) is 8.90. The van der Waals surface area contributed by atoms with Crippen LogP contribution in [-0.2, 0) is 17.6 Å². The lowest BCUT2D eigenvalue weighted by molar-refractivity contribution is -0.140. The number of nitrogens with zero attached hydrogens (tertiary/aromatic N) is 4. The highest BCUT2D eigenvalue weighted by Gasteiger charge is 2.37. The van der Waals surface area contributed by atoms with E-state index in [4.69, 9.17) is 0 Å². The summed E-state index contributed by atoms with van der Waals surface area (Å²) in [7, 11) is 0. The molecule has 0 radical (unpaired) electrons. The van der Waals surface area contributed by atoms with Crippen molar-refractivity contribution in [3.8, 4) is 0 Å². The number of aryl methyl sites for hydroxylation is 1. The van der Waals surface area contributed by atoms with Gasteiger partial charge in [-0.1, -0.05) is 0 Å². The molecule has 8 heteroatoms. The molecule has 0 amide bonds. The molecule has 0 bridgehead atoms. The molecule has 1 saturated heterocycles. The van der Waals surface area contributed by atoms with Crippen molar-refractivity contribution in [1.29, 1.82) is 0 Å². The summed E-state index contributed by atoms with van der Waals surface area (Å²) in [6, 6.07) is 1.53. The number of H-pyrrole nitrogens is 1. The van der Waals surface area contributed by atoms with Crippen molar-refractivity contribution < 1.29 is 9.90 Å². The number of hydrogen-bond donors (Lipinski definition) is 3. The molecule has 25 heavy (non-hydrogen) atoms. The Morgan fingerprint density at radius 3 is 2.88 bits per heavy atom. The van der Waals surface area contributed by atoms with Gasteiger partial charge in [-0.2, -0.15) is 10.1 Å². The van der Waals surface area contributed by atoms with Crippen molar-refractivity contribution >= 4 is 23.6 Å². The van der Waals surface area contributed by atoms with Crippen LogP contribution in [0.5, 0.6) is 0 Å². The van der Waals surface area contributed by atoms with Crippen molar-refractivity contribution in [3.63, 3.8) is 0 Å². The predicted octanol–water partition coefficient (Wildman–Crippen LogP) is 1.97. The number of nitrogens with one attached hydrogen (secondary N) is 2. The fraction of sp³-hybridized carbons (Fsp3) is 0.529. The van der Waals surface area contributed by atoms with Gasteiger partial charge in [0.1, 0.15) is 11.9 Å². The Morgan fingerprint density at radius 2 is 2.16 bits per heavy atom. The van der Waals surface area contributed by atoms with Crippen LogP contribution in [0.25, 0.3) is 0 Å². The Labute approximate surface area is 144 Å². The fourth-order valence-electron chi connectivity index (χ4n) is 3.66. The normalized spacial score (nSPS) is 21.8. The minimum absolute atomic E-state index is 0.514. The van der Waals surface area contributed by atoms with Crippen LogP contribution < -0.4 is 10.2 Å². The average Bonchev–Trinajstić information content (AvgIpc) is 3.09. The molecule has 1 atom stereocenters. The number of rotatable bonds is 5. The molecule has 3 aliphatic rings. The van der Waals surface area contributed by atoms with Crippen LogP contribution in [0.3, 0.4) is 0 Å². The lowest BCUT2D eigenvalue weighted by Gasteiger charge is -2.38. The fourth-order valence-corrected chi connectivity index (χ4v) is 3.66. The molecule has 8 nitrogen and oxygen atoms in total. The van der Waals surface area contributed by atoms with Gasteiger partial charge in [-0.3, -0.25) is 5.10 Å². The van der Waals surface area contributed by atoms with Gasteiger partial charge in [0.05, 0.1) is 5.69 Å². The highest BCUT2D eigenvalue weighted by Crippen LogP contribution is 2.40. The molecule has 5 rings (SSSR count). The molecule has 1 aliphatic heterocycles. The van der Waals surface area contributed by atoms with Crippen LogP contribution in [-0.4, -0.2) is 43.8 Å². The molecule has 2 aromatic heterocycles. The van der Waals surface area contributed by atoms with Crippen LogP contribution in [0.4, 0.5) is 17.6 Å². The van der Waals surface area contributed by atoms with Crippen molar-refractivity contribution in [3.05, 3.63) is 23.0 Å². The Hall–Kier alpha value is -2.64. The van der Waals surface area contributed by atoms with E-state index in [9.17, 15) is 9.90 Å². The lowest BCUT2D eigenvalue weighted by atomic mass is 10.0. The van der Waals surface area contributed by atoms with E-state index in [-0.39, 0.29) is 0 Å². The highest BCUT2D eigenvalue weighted by molar-refractivity contribution is 5.79. The molecule has 3 N–H and O–H groups in total. The topological polar surface area (TPSA) is 107 Å². The summed E-state index contributed by atoms with van der Waals surface area (Å²) in [6.07, 6.45) is 6.00. The molecule has 3 heterocycles. The number of fused-ring (bicyclic) bond motifs is 1. The largest absolute Gasteiger partial charge is 0.480 e. The van der Waals surface area contributed by atoms with Gasteiger partial charge in [0, 0.05) is 29.8 Å². The summed E-state index contributed by atoms with van der Waals surface area (Å²) in [5.74, 6) is 1.85. The number of carboxylic acid groups (broad SMARTS) is 1. The van der Waals surface area contributed by atoms with E-state index in [2.05, 4.69) is 25.5 Å². The zero-order chi connectivity index (χ0) is 17.0. The predicted molar refractivity (Wildman–Crippen MR) is 91.3 cm³/mol. The standard InChI is InChI=1S/C17H20N6O2/c24-16(25)13-6-7-23(13)17-18-11-3-1-2-10(11)15(20-17)19-14-8-12(21-22-14)9-4-5-9/h8-9,13H,1-7H2,(H,24,25)(H2,18,19,20,21,22). The molecule has 1 saturated carbocycles. The van der Waals surface area contributed by atoms with Gasteiger partial charge in [-0.25, -0.2) is 9.78 Å². The first-order valence-corrected chi connectivity index (χ1v) is 8.90. The number of aromatic amines is 1. The lowest BCUT2D eigenvalue weighted by Crippen LogP contribution is -2.53. The molecular formula is C17H20N6O2. The maximum atomic E-state index is 11.3. The molecule has 2 aliphatic carbocycles. The first kappa shape index (κ1) is 14.7. The van der Waals surface area contributed by atoms with Crippen LogP contribution in [0.1, 0.15) is 48.6 Å². The summed E-state index contributed by atoms with van der Waals surface area (Å²) >= 11 is 0. The SMILES string of the molecule is O=C(O)C1CCN1c1nc2c(c(Nc3cc(C4CC4)[nH]n3)n1)CCC2. The number of carbonyl (C=O) groups is 1. The Balaban J connectivity index is 1.46. The van der Waals surface area contributed by atoms with Gasteiger partial charge in [-0.15, -0.1) is 0 Å². The van der Waals surface area contributed by atoms with Crippen molar-refractivity contribution in [2.45, 2.75) is 50.5 Å². The van der Waals surface area contributed by atoms with E-state index in [1.807, 2.05) is 6.07 Å². The summed E-state index contributed by atoms with van der Waals surface area (Å²) in [6.45, 7) is 0.684. The maximum absolute atomic E-state index is 11.3. The Kier molecular flexibility index (Phi) is 3.19. The van der Waals surface area contributed by atoms with E-state index in [0.29, 0.717) is 24.8 Å². The summed E-state index contributed by atoms with van der Waals surface area (Å²) in [4.78, 5) is 22.4. The molecule has 2 aromatic rings. The molecule has 0 spiro atoms. The third-order valence-corrected chi connectivity index (χ3v) is 5.34. The zero-order valence-electron chi connectivity index (χ0n) is 13.8. The third kappa shape index (κ3) is 2.52. The van der Waals surface area contributed by atoms with Gasteiger partial charge in [-0.05, 0) is 38.5 Å². The van der Waals surface area contributed by atoms with Crippen molar-refractivity contribution in [2.75, 3.05) is 16.8 Å². The highest BCUT2D eigenvalue weighted by atomic mass is 16.4. The second-order valence-electron chi connectivity index (χ2n) is 7.09.